The molecule has 1 rings (SSSR count). The number of ether oxygens (including phenoxy) is 1. The zero-order valence-corrected chi connectivity index (χ0v) is 13.7. The first-order chi connectivity index (χ1) is 10.1. The van der Waals surface area contributed by atoms with Crippen molar-refractivity contribution in [3.63, 3.8) is 0 Å². The quantitative estimate of drug-likeness (QED) is 0.757. The Bertz CT molecular complexity index is 421. The van der Waals surface area contributed by atoms with Gasteiger partial charge in [-0.05, 0) is 30.2 Å². The Morgan fingerprint density at radius 3 is 2.33 bits per heavy atom. The van der Waals surface area contributed by atoms with Crippen molar-refractivity contribution in [3.05, 3.63) is 29.6 Å². The van der Waals surface area contributed by atoms with E-state index in [2.05, 4.69) is 25.7 Å². The van der Waals surface area contributed by atoms with Crippen LogP contribution < -0.4 is 10.5 Å². The van der Waals surface area contributed by atoms with Crippen LogP contribution in [0.4, 0.5) is 4.39 Å². The molecule has 120 valence electrons. The number of hydrogen-bond donors (Lipinski definition) is 1. The van der Waals surface area contributed by atoms with Crippen LogP contribution in [-0.4, -0.2) is 31.6 Å². The van der Waals surface area contributed by atoms with E-state index in [0.29, 0.717) is 12.5 Å². The molecule has 4 heteroatoms. The van der Waals surface area contributed by atoms with E-state index in [4.69, 9.17) is 10.5 Å². The normalized spacial score (nSPS) is 13.0. The van der Waals surface area contributed by atoms with Gasteiger partial charge in [0.1, 0.15) is 0 Å². The van der Waals surface area contributed by atoms with Gasteiger partial charge in [-0.15, -0.1) is 0 Å². The van der Waals surface area contributed by atoms with E-state index < -0.39 is 0 Å². The molecular weight excluding hydrogens is 267 g/mol. The highest BCUT2D eigenvalue weighted by molar-refractivity contribution is 5.31. The highest BCUT2D eigenvalue weighted by Crippen LogP contribution is 2.26. The Morgan fingerprint density at radius 2 is 1.90 bits per heavy atom. The van der Waals surface area contributed by atoms with Crippen molar-refractivity contribution in [2.45, 2.75) is 39.7 Å². The van der Waals surface area contributed by atoms with Gasteiger partial charge < -0.3 is 10.5 Å². The molecule has 0 fully saturated rings. The Kier molecular flexibility index (Phi) is 7.68. The maximum atomic E-state index is 13.9. The van der Waals surface area contributed by atoms with Crippen molar-refractivity contribution < 1.29 is 9.13 Å². The van der Waals surface area contributed by atoms with Crippen molar-refractivity contribution in [1.29, 1.82) is 0 Å². The molecule has 1 unspecified atom stereocenters. The highest BCUT2D eigenvalue weighted by atomic mass is 19.1. The average molecular weight is 296 g/mol. The Labute approximate surface area is 128 Å². The van der Waals surface area contributed by atoms with Gasteiger partial charge in [-0.3, -0.25) is 4.90 Å². The number of nitrogens with two attached hydrogens (primary N) is 1. The molecule has 1 atom stereocenters. The van der Waals surface area contributed by atoms with E-state index in [0.717, 1.165) is 31.5 Å². The van der Waals surface area contributed by atoms with E-state index in [-0.39, 0.29) is 17.6 Å². The van der Waals surface area contributed by atoms with Gasteiger partial charge in [-0.2, -0.15) is 0 Å². The third kappa shape index (κ3) is 4.68. The topological polar surface area (TPSA) is 38.5 Å². The summed E-state index contributed by atoms with van der Waals surface area (Å²) in [5, 5.41) is 0. The van der Waals surface area contributed by atoms with Crippen LogP contribution in [0.1, 0.15) is 45.2 Å². The first kappa shape index (κ1) is 17.9. The summed E-state index contributed by atoms with van der Waals surface area (Å²) < 4.78 is 18.9. The number of likely N-dealkylation sites (N-methyl/N-ethyl adjacent to an activating group) is 1. The first-order valence-corrected chi connectivity index (χ1v) is 7.88. The Hall–Kier alpha value is -1.13. The lowest BCUT2D eigenvalue weighted by molar-refractivity contribution is 0.174. The lowest BCUT2D eigenvalue weighted by Crippen LogP contribution is -2.37. The molecule has 0 heterocycles. The van der Waals surface area contributed by atoms with Crippen molar-refractivity contribution in [2.75, 3.05) is 26.7 Å². The number of hydrogen-bond acceptors (Lipinski definition) is 3. The van der Waals surface area contributed by atoms with Crippen LogP contribution in [0.3, 0.4) is 0 Å². The maximum Gasteiger partial charge on any atom is 0.165 e. The van der Waals surface area contributed by atoms with Gasteiger partial charge in [0.15, 0.2) is 11.6 Å². The Morgan fingerprint density at radius 1 is 1.24 bits per heavy atom. The van der Waals surface area contributed by atoms with Gasteiger partial charge in [0.2, 0.25) is 0 Å². The largest absolute Gasteiger partial charge is 0.494 e. The average Bonchev–Trinajstić information content (AvgIpc) is 2.51. The van der Waals surface area contributed by atoms with Gasteiger partial charge in [-0.25, -0.2) is 4.39 Å². The highest BCUT2D eigenvalue weighted by Gasteiger charge is 2.21. The summed E-state index contributed by atoms with van der Waals surface area (Å²) >= 11 is 0. The number of halogens is 1. The van der Waals surface area contributed by atoms with E-state index in [9.17, 15) is 4.39 Å². The molecule has 0 aromatic heterocycles. The predicted octanol–water partition coefficient (Wildman–Crippen LogP) is 3.59. The lowest BCUT2D eigenvalue weighted by Gasteiger charge is -2.33. The maximum absolute atomic E-state index is 13.9. The van der Waals surface area contributed by atoms with Crippen LogP contribution in [0.5, 0.6) is 5.75 Å². The molecular formula is C17H29FN2O. The number of nitrogens with zero attached hydrogens (tertiary/aromatic N) is 1. The minimum absolute atomic E-state index is 0.0519. The van der Waals surface area contributed by atoms with E-state index >= 15 is 0 Å². The first-order valence-electron chi connectivity index (χ1n) is 7.88. The monoisotopic (exact) mass is 296 g/mol. The molecule has 0 amide bonds. The molecule has 21 heavy (non-hydrogen) atoms. The van der Waals surface area contributed by atoms with Crippen LogP contribution in [0, 0.1) is 11.7 Å². The van der Waals surface area contributed by atoms with Gasteiger partial charge in [0.05, 0.1) is 7.11 Å². The number of methoxy groups -OCH3 is 1. The summed E-state index contributed by atoms with van der Waals surface area (Å²) in [5.74, 6) is 0.603. The van der Waals surface area contributed by atoms with Gasteiger partial charge in [0, 0.05) is 19.1 Å². The molecule has 1 aromatic rings. The molecule has 0 radical (unpaired) electrons. The molecule has 3 nitrogen and oxygen atoms in total. The fourth-order valence-electron chi connectivity index (χ4n) is 2.74. The zero-order chi connectivity index (χ0) is 15.8. The summed E-state index contributed by atoms with van der Waals surface area (Å²) in [6, 6.07) is 5.19. The molecule has 0 aliphatic heterocycles. The summed E-state index contributed by atoms with van der Waals surface area (Å²) in [4.78, 5) is 2.35. The van der Waals surface area contributed by atoms with E-state index in [1.807, 2.05) is 6.07 Å². The molecule has 0 bridgehead atoms. The molecule has 1 aromatic carbocycles. The van der Waals surface area contributed by atoms with Crippen LogP contribution in [0.25, 0.3) is 0 Å². The fourth-order valence-corrected chi connectivity index (χ4v) is 2.74. The van der Waals surface area contributed by atoms with Crippen LogP contribution in [0.15, 0.2) is 18.2 Å². The van der Waals surface area contributed by atoms with Crippen LogP contribution >= 0.6 is 0 Å². The van der Waals surface area contributed by atoms with E-state index in [1.165, 1.54) is 7.11 Å². The second-order valence-corrected chi connectivity index (χ2v) is 5.42. The molecule has 2 N–H and O–H groups in total. The van der Waals surface area contributed by atoms with Gasteiger partial charge in [-0.1, -0.05) is 39.7 Å². The lowest BCUT2D eigenvalue weighted by atomic mass is 9.99. The molecule has 0 saturated carbocycles. The van der Waals surface area contributed by atoms with E-state index in [1.54, 1.807) is 12.1 Å². The molecule has 0 spiro atoms. The minimum Gasteiger partial charge on any atom is -0.494 e. The fraction of sp³-hybridized carbons (Fsp3) is 0.647. The summed E-state index contributed by atoms with van der Waals surface area (Å²) in [6.45, 7) is 8.95. The second-order valence-electron chi connectivity index (χ2n) is 5.42. The summed E-state index contributed by atoms with van der Waals surface area (Å²) in [5.41, 5.74) is 6.89. The summed E-state index contributed by atoms with van der Waals surface area (Å²) in [6.07, 6.45) is 2.31. The SMILES string of the molecule is CCC(CC)CN(CC)C(CN)c1ccc(OC)c(F)c1. The molecule has 0 aliphatic carbocycles. The van der Waals surface area contributed by atoms with Gasteiger partial charge in [0.25, 0.3) is 0 Å². The van der Waals surface area contributed by atoms with Crippen molar-refractivity contribution >= 4 is 0 Å². The third-order valence-corrected chi connectivity index (χ3v) is 4.28. The zero-order valence-electron chi connectivity index (χ0n) is 13.7. The van der Waals surface area contributed by atoms with Gasteiger partial charge >= 0.3 is 0 Å². The molecule has 0 aliphatic rings. The minimum atomic E-state index is -0.327. The van der Waals surface area contributed by atoms with Crippen molar-refractivity contribution in [2.24, 2.45) is 11.7 Å². The van der Waals surface area contributed by atoms with Crippen molar-refractivity contribution in [1.82, 2.24) is 4.90 Å². The van der Waals surface area contributed by atoms with Crippen molar-refractivity contribution in [3.8, 4) is 5.75 Å². The van der Waals surface area contributed by atoms with Crippen LogP contribution in [-0.2, 0) is 0 Å². The Balaban J connectivity index is 2.95. The molecule has 0 saturated heterocycles. The second kappa shape index (κ2) is 9.00. The number of benzene rings is 1. The summed E-state index contributed by atoms with van der Waals surface area (Å²) in [7, 11) is 1.48. The predicted molar refractivity (Wildman–Crippen MR) is 86.1 cm³/mol. The number of rotatable bonds is 9. The van der Waals surface area contributed by atoms with Crippen LogP contribution in [0.2, 0.25) is 0 Å². The third-order valence-electron chi connectivity index (χ3n) is 4.28. The standard InChI is InChI=1S/C17H29FN2O/c1-5-13(6-2)12-20(7-3)16(11-19)14-8-9-17(21-4)15(18)10-14/h8-10,13,16H,5-7,11-12,19H2,1-4H3. The smallest absolute Gasteiger partial charge is 0.165 e.